The highest BCUT2D eigenvalue weighted by atomic mass is 16.6. The average Bonchev–Trinajstić information content (AvgIpc) is 2.60. The Labute approximate surface area is 148 Å². The maximum atomic E-state index is 12.6. The Morgan fingerprint density at radius 3 is 2.60 bits per heavy atom. The number of likely N-dealkylation sites (tertiary alicyclic amines) is 1. The topological polar surface area (TPSA) is 67.9 Å². The van der Waals surface area contributed by atoms with Gasteiger partial charge in [-0.3, -0.25) is 9.59 Å². The fourth-order valence-corrected chi connectivity index (χ4v) is 3.22. The summed E-state index contributed by atoms with van der Waals surface area (Å²) in [6, 6.07) is 5.40. The van der Waals surface area contributed by atoms with E-state index in [1.165, 1.54) is 0 Å². The Kier molecular flexibility index (Phi) is 4.88. The van der Waals surface area contributed by atoms with Crippen LogP contribution in [0.25, 0.3) is 0 Å². The van der Waals surface area contributed by atoms with Crippen molar-refractivity contribution in [2.45, 2.75) is 33.6 Å². The molecule has 2 aliphatic rings. The minimum Gasteiger partial charge on any atom is -0.486 e. The Bertz CT molecular complexity index is 666. The van der Waals surface area contributed by atoms with Gasteiger partial charge in [0.2, 0.25) is 11.8 Å². The SMILES string of the molecule is CC(C)(C)C(=O)N1CCCC(C(=O)Nc2ccc3c(c2)OCCO3)C1. The van der Waals surface area contributed by atoms with E-state index in [2.05, 4.69) is 5.32 Å². The second-order valence-electron chi connectivity index (χ2n) is 7.69. The van der Waals surface area contributed by atoms with Gasteiger partial charge in [0.15, 0.2) is 11.5 Å². The summed E-state index contributed by atoms with van der Waals surface area (Å²) in [5.74, 6) is 1.21. The number of ether oxygens (including phenoxy) is 2. The number of anilines is 1. The Balaban J connectivity index is 1.64. The van der Waals surface area contributed by atoms with Crippen molar-refractivity contribution in [2.24, 2.45) is 11.3 Å². The van der Waals surface area contributed by atoms with Crippen molar-refractivity contribution in [2.75, 3.05) is 31.6 Å². The van der Waals surface area contributed by atoms with E-state index in [9.17, 15) is 9.59 Å². The van der Waals surface area contributed by atoms with Crippen LogP contribution in [0.4, 0.5) is 5.69 Å². The third kappa shape index (κ3) is 4.06. The number of carbonyl (C=O) groups is 2. The molecule has 1 unspecified atom stereocenters. The van der Waals surface area contributed by atoms with Crippen LogP contribution in [0.5, 0.6) is 11.5 Å². The van der Waals surface area contributed by atoms with Gasteiger partial charge in [-0.15, -0.1) is 0 Å². The number of hydrogen-bond donors (Lipinski definition) is 1. The molecule has 1 aromatic rings. The summed E-state index contributed by atoms with van der Waals surface area (Å²) in [5.41, 5.74) is 0.266. The molecule has 0 aliphatic carbocycles. The van der Waals surface area contributed by atoms with Gasteiger partial charge < -0.3 is 19.7 Å². The normalized spacial score (nSPS) is 20.1. The van der Waals surface area contributed by atoms with Gasteiger partial charge in [-0.25, -0.2) is 0 Å². The summed E-state index contributed by atoms with van der Waals surface area (Å²) in [6.45, 7) is 7.99. The Morgan fingerprint density at radius 1 is 1.16 bits per heavy atom. The highest BCUT2D eigenvalue weighted by molar-refractivity contribution is 5.93. The lowest BCUT2D eigenvalue weighted by atomic mass is 9.91. The maximum Gasteiger partial charge on any atom is 0.229 e. The van der Waals surface area contributed by atoms with E-state index in [0.29, 0.717) is 36.9 Å². The molecule has 136 valence electrons. The number of rotatable bonds is 2. The first-order valence-corrected chi connectivity index (χ1v) is 8.84. The van der Waals surface area contributed by atoms with Crippen molar-refractivity contribution >= 4 is 17.5 Å². The molecule has 25 heavy (non-hydrogen) atoms. The minimum atomic E-state index is -0.422. The molecule has 6 nitrogen and oxygen atoms in total. The van der Waals surface area contributed by atoms with Gasteiger partial charge in [0, 0.05) is 30.3 Å². The van der Waals surface area contributed by atoms with Crippen molar-refractivity contribution in [3.8, 4) is 11.5 Å². The van der Waals surface area contributed by atoms with Crippen LogP contribution in [0.1, 0.15) is 33.6 Å². The van der Waals surface area contributed by atoms with Crippen molar-refractivity contribution in [3.63, 3.8) is 0 Å². The largest absolute Gasteiger partial charge is 0.486 e. The molecule has 0 bridgehead atoms. The molecule has 2 amide bonds. The minimum absolute atomic E-state index is 0.0527. The quantitative estimate of drug-likeness (QED) is 0.894. The van der Waals surface area contributed by atoms with Crippen LogP contribution in [0.3, 0.4) is 0 Å². The highest BCUT2D eigenvalue weighted by Gasteiger charge is 2.33. The summed E-state index contributed by atoms with van der Waals surface area (Å²) >= 11 is 0. The van der Waals surface area contributed by atoms with E-state index >= 15 is 0 Å². The molecule has 3 rings (SSSR count). The molecule has 0 radical (unpaired) electrons. The van der Waals surface area contributed by atoms with Gasteiger partial charge in [-0.1, -0.05) is 20.8 Å². The molecule has 0 aromatic heterocycles. The van der Waals surface area contributed by atoms with E-state index < -0.39 is 5.41 Å². The number of nitrogens with one attached hydrogen (secondary N) is 1. The smallest absolute Gasteiger partial charge is 0.229 e. The fraction of sp³-hybridized carbons (Fsp3) is 0.579. The summed E-state index contributed by atoms with van der Waals surface area (Å²) < 4.78 is 11.0. The first kappa shape index (κ1) is 17.6. The second-order valence-corrected chi connectivity index (χ2v) is 7.69. The van der Waals surface area contributed by atoms with E-state index in [-0.39, 0.29) is 17.7 Å². The summed E-state index contributed by atoms with van der Waals surface area (Å²) in [4.78, 5) is 26.9. The molecule has 1 aromatic carbocycles. The van der Waals surface area contributed by atoms with Crippen molar-refractivity contribution < 1.29 is 19.1 Å². The fourth-order valence-electron chi connectivity index (χ4n) is 3.22. The third-order valence-corrected chi connectivity index (χ3v) is 4.53. The average molecular weight is 346 g/mol. The first-order valence-electron chi connectivity index (χ1n) is 8.84. The molecule has 0 saturated carbocycles. The van der Waals surface area contributed by atoms with Crippen LogP contribution >= 0.6 is 0 Å². The van der Waals surface area contributed by atoms with E-state index in [0.717, 1.165) is 19.4 Å². The van der Waals surface area contributed by atoms with Gasteiger partial charge in [0.25, 0.3) is 0 Å². The first-order chi connectivity index (χ1) is 11.8. The maximum absolute atomic E-state index is 12.6. The molecule has 1 atom stereocenters. The number of carbonyl (C=O) groups excluding carboxylic acids is 2. The molecule has 2 aliphatic heterocycles. The number of fused-ring (bicyclic) bond motifs is 1. The molecule has 0 spiro atoms. The molecule has 1 N–H and O–H groups in total. The lowest BCUT2D eigenvalue weighted by Crippen LogP contribution is -2.47. The molecule has 1 fully saturated rings. The van der Waals surface area contributed by atoms with Crippen LogP contribution in [0, 0.1) is 11.3 Å². The van der Waals surface area contributed by atoms with Crippen LogP contribution in [-0.4, -0.2) is 43.0 Å². The van der Waals surface area contributed by atoms with Gasteiger partial charge in [-0.2, -0.15) is 0 Å². The van der Waals surface area contributed by atoms with Gasteiger partial charge in [-0.05, 0) is 25.0 Å². The second kappa shape index (κ2) is 6.94. The van der Waals surface area contributed by atoms with Crippen molar-refractivity contribution in [3.05, 3.63) is 18.2 Å². The summed E-state index contributed by atoms with van der Waals surface area (Å²) in [5, 5.41) is 2.95. The van der Waals surface area contributed by atoms with Gasteiger partial charge in [0.1, 0.15) is 13.2 Å². The predicted molar refractivity (Wildman–Crippen MR) is 94.8 cm³/mol. The Hall–Kier alpha value is -2.24. The molecular formula is C19H26N2O4. The lowest BCUT2D eigenvalue weighted by Gasteiger charge is -2.35. The monoisotopic (exact) mass is 346 g/mol. The number of benzene rings is 1. The van der Waals surface area contributed by atoms with Crippen LogP contribution in [-0.2, 0) is 9.59 Å². The number of hydrogen-bond acceptors (Lipinski definition) is 4. The lowest BCUT2D eigenvalue weighted by molar-refractivity contribution is -0.142. The van der Waals surface area contributed by atoms with Crippen LogP contribution in [0.2, 0.25) is 0 Å². The number of piperidine rings is 1. The zero-order valence-corrected chi connectivity index (χ0v) is 15.1. The van der Waals surface area contributed by atoms with E-state index in [4.69, 9.17) is 9.47 Å². The van der Waals surface area contributed by atoms with Gasteiger partial charge in [0.05, 0.1) is 5.92 Å². The van der Waals surface area contributed by atoms with Gasteiger partial charge >= 0.3 is 0 Å². The van der Waals surface area contributed by atoms with E-state index in [1.54, 1.807) is 12.1 Å². The van der Waals surface area contributed by atoms with Crippen LogP contribution in [0.15, 0.2) is 18.2 Å². The standard InChI is InChI=1S/C19H26N2O4/c1-19(2,3)18(23)21-8-4-5-13(12-21)17(22)20-14-6-7-15-16(11-14)25-10-9-24-15/h6-7,11,13H,4-5,8-10,12H2,1-3H3,(H,20,22). The third-order valence-electron chi connectivity index (χ3n) is 4.53. The molecular weight excluding hydrogens is 320 g/mol. The summed E-state index contributed by atoms with van der Waals surface area (Å²) in [7, 11) is 0. The number of amides is 2. The van der Waals surface area contributed by atoms with Crippen LogP contribution < -0.4 is 14.8 Å². The zero-order chi connectivity index (χ0) is 18.0. The summed E-state index contributed by atoms with van der Waals surface area (Å²) in [6.07, 6.45) is 1.64. The van der Waals surface area contributed by atoms with Crippen molar-refractivity contribution in [1.29, 1.82) is 0 Å². The highest BCUT2D eigenvalue weighted by Crippen LogP contribution is 2.33. The van der Waals surface area contributed by atoms with E-state index in [1.807, 2.05) is 31.7 Å². The molecule has 1 saturated heterocycles. The zero-order valence-electron chi connectivity index (χ0n) is 15.1. The Morgan fingerprint density at radius 2 is 1.88 bits per heavy atom. The molecule has 2 heterocycles. The van der Waals surface area contributed by atoms with Crippen molar-refractivity contribution in [1.82, 2.24) is 4.90 Å². The number of nitrogens with zero attached hydrogens (tertiary/aromatic N) is 1. The predicted octanol–water partition coefficient (Wildman–Crippen LogP) is 2.68. The molecule has 6 heteroatoms.